The van der Waals surface area contributed by atoms with Crippen LogP contribution in [0, 0.1) is 6.92 Å². The fourth-order valence-electron chi connectivity index (χ4n) is 1.50. The van der Waals surface area contributed by atoms with Gasteiger partial charge in [-0.2, -0.15) is 0 Å². The molecular formula is C12H19N3O4S. The van der Waals surface area contributed by atoms with Gasteiger partial charge in [-0.1, -0.05) is 6.07 Å². The maximum atomic E-state index is 12.1. The Hall–Kier alpha value is -1.64. The first-order valence-corrected chi connectivity index (χ1v) is 7.46. The summed E-state index contributed by atoms with van der Waals surface area (Å²) < 4.78 is 31.1. The van der Waals surface area contributed by atoms with E-state index in [1.165, 1.54) is 13.2 Å². The van der Waals surface area contributed by atoms with Gasteiger partial charge in [0.25, 0.3) is 0 Å². The second-order valence-corrected chi connectivity index (χ2v) is 5.93. The third kappa shape index (κ3) is 4.80. The van der Waals surface area contributed by atoms with E-state index in [1.54, 1.807) is 19.1 Å². The number of anilines is 1. The van der Waals surface area contributed by atoms with Crippen LogP contribution in [0.2, 0.25) is 0 Å². The molecule has 112 valence electrons. The van der Waals surface area contributed by atoms with Gasteiger partial charge >= 0.3 is 0 Å². The maximum absolute atomic E-state index is 12.1. The van der Waals surface area contributed by atoms with E-state index in [-0.39, 0.29) is 11.4 Å². The SMILES string of the molecule is COCCNC(=O)CNS(=O)(=O)c1cc(N)ccc1C. The van der Waals surface area contributed by atoms with E-state index in [2.05, 4.69) is 10.0 Å². The van der Waals surface area contributed by atoms with Crippen molar-refractivity contribution in [2.75, 3.05) is 32.5 Å². The van der Waals surface area contributed by atoms with Crippen molar-refractivity contribution in [1.29, 1.82) is 0 Å². The van der Waals surface area contributed by atoms with Gasteiger partial charge in [-0.15, -0.1) is 0 Å². The normalized spacial score (nSPS) is 11.3. The highest BCUT2D eigenvalue weighted by atomic mass is 32.2. The predicted molar refractivity (Wildman–Crippen MR) is 75.7 cm³/mol. The molecule has 1 rings (SSSR count). The fourth-order valence-corrected chi connectivity index (χ4v) is 2.76. The number of carbonyl (C=O) groups excluding carboxylic acids is 1. The van der Waals surface area contributed by atoms with E-state index in [1.807, 2.05) is 0 Å². The van der Waals surface area contributed by atoms with E-state index < -0.39 is 15.9 Å². The number of carbonyl (C=O) groups is 1. The van der Waals surface area contributed by atoms with Gasteiger partial charge in [-0.3, -0.25) is 4.79 Å². The molecule has 20 heavy (non-hydrogen) atoms. The maximum Gasteiger partial charge on any atom is 0.241 e. The first kappa shape index (κ1) is 16.4. The van der Waals surface area contributed by atoms with Crippen LogP contribution in [0.15, 0.2) is 23.1 Å². The zero-order valence-corrected chi connectivity index (χ0v) is 12.3. The summed E-state index contributed by atoms with van der Waals surface area (Å²) in [7, 11) is -2.25. The monoisotopic (exact) mass is 301 g/mol. The minimum atomic E-state index is -3.76. The minimum Gasteiger partial charge on any atom is -0.399 e. The second-order valence-electron chi connectivity index (χ2n) is 4.19. The van der Waals surface area contributed by atoms with E-state index in [0.29, 0.717) is 24.4 Å². The average molecular weight is 301 g/mol. The highest BCUT2D eigenvalue weighted by Gasteiger charge is 2.18. The van der Waals surface area contributed by atoms with E-state index in [4.69, 9.17) is 10.5 Å². The Bertz CT molecular complexity index is 572. The van der Waals surface area contributed by atoms with E-state index in [9.17, 15) is 13.2 Å². The summed E-state index contributed by atoms with van der Waals surface area (Å²) in [6.07, 6.45) is 0. The van der Waals surface area contributed by atoms with Crippen LogP contribution in [0.25, 0.3) is 0 Å². The molecule has 0 saturated carbocycles. The molecule has 8 heteroatoms. The number of methoxy groups -OCH3 is 1. The van der Waals surface area contributed by atoms with Crippen molar-refractivity contribution in [2.45, 2.75) is 11.8 Å². The quantitative estimate of drug-likeness (QED) is 0.469. The number of nitrogens with one attached hydrogen (secondary N) is 2. The number of ether oxygens (including phenoxy) is 1. The largest absolute Gasteiger partial charge is 0.399 e. The third-order valence-corrected chi connectivity index (χ3v) is 4.10. The molecule has 0 heterocycles. The van der Waals surface area contributed by atoms with Crippen LogP contribution < -0.4 is 15.8 Å². The molecule has 0 spiro atoms. The van der Waals surface area contributed by atoms with Gasteiger partial charge in [0.15, 0.2) is 0 Å². The second kappa shape index (κ2) is 7.22. The average Bonchev–Trinajstić information content (AvgIpc) is 2.39. The van der Waals surface area contributed by atoms with Crippen molar-refractivity contribution in [3.63, 3.8) is 0 Å². The van der Waals surface area contributed by atoms with Crippen molar-refractivity contribution in [1.82, 2.24) is 10.0 Å². The Morgan fingerprint density at radius 1 is 1.40 bits per heavy atom. The number of amides is 1. The Morgan fingerprint density at radius 2 is 2.10 bits per heavy atom. The number of nitrogens with two attached hydrogens (primary N) is 1. The predicted octanol–water partition coefficient (Wildman–Crippen LogP) is -0.382. The zero-order chi connectivity index (χ0) is 15.2. The molecule has 4 N–H and O–H groups in total. The summed E-state index contributed by atoms with van der Waals surface area (Å²) in [6.45, 7) is 2.02. The summed E-state index contributed by atoms with van der Waals surface area (Å²) in [5, 5.41) is 2.52. The Morgan fingerprint density at radius 3 is 2.75 bits per heavy atom. The molecule has 1 aromatic carbocycles. The van der Waals surface area contributed by atoms with Gasteiger partial charge in [0, 0.05) is 19.3 Å². The molecule has 1 aromatic rings. The summed E-state index contributed by atoms with van der Waals surface area (Å²) in [5.74, 6) is -0.424. The highest BCUT2D eigenvalue weighted by molar-refractivity contribution is 7.89. The molecule has 0 bridgehead atoms. The van der Waals surface area contributed by atoms with Gasteiger partial charge in [-0.05, 0) is 24.6 Å². The van der Waals surface area contributed by atoms with Crippen LogP contribution in [0.1, 0.15) is 5.56 Å². The minimum absolute atomic E-state index is 0.0715. The van der Waals surface area contributed by atoms with Gasteiger partial charge in [-0.25, -0.2) is 13.1 Å². The number of hydrogen-bond acceptors (Lipinski definition) is 5. The molecule has 0 saturated heterocycles. The smallest absolute Gasteiger partial charge is 0.241 e. The standard InChI is InChI=1S/C12H19N3O4S/c1-9-3-4-10(13)7-11(9)20(17,18)15-8-12(16)14-5-6-19-2/h3-4,7,15H,5-6,8,13H2,1-2H3,(H,14,16). The molecule has 0 fully saturated rings. The van der Waals surface area contributed by atoms with Gasteiger partial charge in [0.1, 0.15) is 0 Å². The lowest BCUT2D eigenvalue weighted by Gasteiger charge is -2.10. The molecule has 0 radical (unpaired) electrons. The first-order chi connectivity index (χ1) is 9.36. The zero-order valence-electron chi connectivity index (χ0n) is 11.5. The summed E-state index contributed by atoms with van der Waals surface area (Å²) in [6, 6.07) is 4.59. The van der Waals surface area contributed by atoms with Crippen molar-refractivity contribution in [2.24, 2.45) is 0 Å². The summed E-state index contributed by atoms with van der Waals surface area (Å²) >= 11 is 0. The molecule has 0 aliphatic heterocycles. The van der Waals surface area contributed by atoms with Gasteiger partial charge in [0.2, 0.25) is 15.9 Å². The molecular weight excluding hydrogens is 282 g/mol. The van der Waals surface area contributed by atoms with Gasteiger partial charge < -0.3 is 15.8 Å². The number of nitrogen functional groups attached to an aromatic ring is 1. The van der Waals surface area contributed by atoms with Crippen LogP contribution in [-0.4, -0.2) is 41.1 Å². The summed E-state index contributed by atoms with van der Waals surface area (Å²) in [4.78, 5) is 11.5. The topological polar surface area (TPSA) is 111 Å². The lowest BCUT2D eigenvalue weighted by atomic mass is 10.2. The molecule has 7 nitrogen and oxygen atoms in total. The van der Waals surface area contributed by atoms with E-state index in [0.717, 1.165) is 0 Å². The molecule has 0 aliphatic rings. The van der Waals surface area contributed by atoms with Crippen LogP contribution in [0.3, 0.4) is 0 Å². The number of sulfonamides is 1. The summed E-state index contributed by atoms with van der Waals surface area (Å²) in [5.41, 5.74) is 6.49. The van der Waals surface area contributed by atoms with Crippen molar-refractivity contribution >= 4 is 21.6 Å². The molecule has 0 aromatic heterocycles. The molecule has 0 unspecified atom stereocenters. The highest BCUT2D eigenvalue weighted by Crippen LogP contribution is 2.17. The van der Waals surface area contributed by atoms with Gasteiger partial charge in [0.05, 0.1) is 18.0 Å². The van der Waals surface area contributed by atoms with Crippen molar-refractivity contribution < 1.29 is 17.9 Å². The molecule has 0 atom stereocenters. The van der Waals surface area contributed by atoms with Crippen LogP contribution >= 0.6 is 0 Å². The number of rotatable bonds is 7. The van der Waals surface area contributed by atoms with Crippen LogP contribution in [0.4, 0.5) is 5.69 Å². The first-order valence-electron chi connectivity index (χ1n) is 5.98. The number of aryl methyl sites for hydroxylation is 1. The lowest BCUT2D eigenvalue weighted by molar-refractivity contribution is -0.120. The Kier molecular flexibility index (Phi) is 5.93. The van der Waals surface area contributed by atoms with E-state index >= 15 is 0 Å². The molecule has 1 amide bonds. The van der Waals surface area contributed by atoms with Crippen molar-refractivity contribution in [3.8, 4) is 0 Å². The number of benzene rings is 1. The fraction of sp³-hybridized carbons (Fsp3) is 0.417. The van der Waals surface area contributed by atoms with Crippen LogP contribution in [0.5, 0.6) is 0 Å². The number of hydrogen-bond donors (Lipinski definition) is 3. The molecule has 0 aliphatic carbocycles. The Labute approximate surface area is 118 Å². The van der Waals surface area contributed by atoms with Crippen molar-refractivity contribution in [3.05, 3.63) is 23.8 Å². The third-order valence-electron chi connectivity index (χ3n) is 2.55. The Balaban J connectivity index is 2.66. The lowest BCUT2D eigenvalue weighted by Crippen LogP contribution is -2.38. The van der Waals surface area contributed by atoms with Crippen LogP contribution in [-0.2, 0) is 19.6 Å².